The van der Waals surface area contributed by atoms with Gasteiger partial charge in [-0.25, -0.2) is 0 Å². The van der Waals surface area contributed by atoms with Crippen LogP contribution in [0.2, 0.25) is 0 Å². The maximum absolute atomic E-state index is 12.6. The average Bonchev–Trinajstić information content (AvgIpc) is 2.38. The van der Waals surface area contributed by atoms with E-state index in [2.05, 4.69) is 4.90 Å². The number of nitrogens with zero attached hydrogens (tertiary/aromatic N) is 1. The quantitative estimate of drug-likeness (QED) is 0.792. The highest BCUT2D eigenvalue weighted by molar-refractivity contribution is 7.80. The van der Waals surface area contributed by atoms with Crippen molar-refractivity contribution in [1.82, 2.24) is 4.90 Å². The Morgan fingerprint density at radius 3 is 1.95 bits per heavy atom. The first-order chi connectivity index (χ1) is 9.18. The molecule has 2 fully saturated rings. The van der Waals surface area contributed by atoms with Gasteiger partial charge in [-0.15, -0.1) is 0 Å². The van der Waals surface area contributed by atoms with Gasteiger partial charge < -0.3 is 10.6 Å². The Morgan fingerprint density at radius 1 is 0.895 bits per heavy atom. The van der Waals surface area contributed by atoms with E-state index in [0.717, 1.165) is 38.8 Å². The Morgan fingerprint density at radius 2 is 1.42 bits per heavy atom. The van der Waals surface area contributed by atoms with E-state index in [-0.39, 0.29) is 5.92 Å². The molecule has 0 unspecified atom stereocenters. The number of rotatable bonds is 2. The van der Waals surface area contributed by atoms with E-state index in [9.17, 15) is 4.79 Å². The number of carbonyl (C=O) groups excluding carboxylic acids is 1. The van der Waals surface area contributed by atoms with E-state index in [1.807, 2.05) is 0 Å². The highest BCUT2D eigenvalue weighted by Crippen LogP contribution is 2.26. The molecule has 1 heterocycles. The minimum absolute atomic E-state index is 0.279. The number of hydrogen-bond donors (Lipinski definition) is 1. The minimum atomic E-state index is 0.279. The molecule has 0 aromatic heterocycles. The van der Waals surface area contributed by atoms with Crippen molar-refractivity contribution >= 4 is 23.1 Å². The van der Waals surface area contributed by atoms with Gasteiger partial charge in [-0.05, 0) is 25.7 Å². The third-order valence-corrected chi connectivity index (χ3v) is 5.00. The van der Waals surface area contributed by atoms with Gasteiger partial charge in [0.25, 0.3) is 0 Å². The molecule has 108 valence electrons. The molecule has 0 spiro atoms. The average molecular weight is 282 g/mol. The van der Waals surface area contributed by atoms with Crippen LogP contribution in [0.4, 0.5) is 0 Å². The smallest absolute Gasteiger partial charge is 0.225 e. The normalized spacial score (nSPS) is 23.7. The monoisotopic (exact) mass is 282 g/mol. The number of likely N-dealkylation sites (tertiary alicyclic amines) is 1. The number of hydrogen-bond acceptors (Lipinski definition) is 2. The van der Waals surface area contributed by atoms with Crippen LogP contribution in [0.15, 0.2) is 0 Å². The zero-order valence-electron chi connectivity index (χ0n) is 11.8. The Labute approximate surface area is 121 Å². The molecular formula is C15H26N2OS. The third kappa shape index (κ3) is 4.16. The molecule has 19 heavy (non-hydrogen) atoms. The highest BCUT2D eigenvalue weighted by atomic mass is 32.1. The summed E-state index contributed by atoms with van der Waals surface area (Å²) in [6.45, 7) is 1.69. The zero-order chi connectivity index (χ0) is 13.7. The summed E-state index contributed by atoms with van der Waals surface area (Å²) in [5, 5.41) is 0. The molecule has 3 nitrogen and oxygen atoms in total. The van der Waals surface area contributed by atoms with E-state index < -0.39 is 0 Å². The molecular weight excluding hydrogens is 256 g/mol. The fourth-order valence-corrected chi connectivity index (χ4v) is 3.58. The van der Waals surface area contributed by atoms with Gasteiger partial charge in [-0.2, -0.15) is 0 Å². The summed E-state index contributed by atoms with van der Waals surface area (Å²) in [5.41, 5.74) is 5.70. The van der Waals surface area contributed by atoms with E-state index in [1.54, 1.807) is 0 Å². The molecule has 2 N–H and O–H groups in total. The lowest BCUT2D eigenvalue weighted by atomic mass is 9.89. The van der Waals surface area contributed by atoms with Crippen molar-refractivity contribution in [3.63, 3.8) is 0 Å². The molecule has 2 rings (SSSR count). The Kier molecular flexibility index (Phi) is 5.61. The fraction of sp³-hybridized carbons (Fsp3) is 0.867. The van der Waals surface area contributed by atoms with Crippen molar-refractivity contribution < 1.29 is 4.79 Å². The van der Waals surface area contributed by atoms with Crippen LogP contribution in [0.1, 0.15) is 57.8 Å². The van der Waals surface area contributed by atoms with E-state index in [1.165, 1.54) is 32.1 Å². The predicted octanol–water partition coefficient (Wildman–Crippen LogP) is 2.87. The minimum Gasteiger partial charge on any atom is -0.393 e. The number of nitrogens with two attached hydrogens (primary N) is 1. The second-order valence-electron chi connectivity index (χ2n) is 6.04. The largest absolute Gasteiger partial charge is 0.393 e. The Bertz CT molecular complexity index is 316. The molecule has 1 saturated heterocycles. The van der Waals surface area contributed by atoms with E-state index >= 15 is 0 Å². The predicted molar refractivity (Wildman–Crippen MR) is 81.9 cm³/mol. The molecule has 0 atom stereocenters. The van der Waals surface area contributed by atoms with Crippen molar-refractivity contribution in [2.45, 2.75) is 57.8 Å². The summed E-state index contributed by atoms with van der Waals surface area (Å²) in [5.74, 6) is 1.02. The van der Waals surface area contributed by atoms with Crippen LogP contribution >= 0.6 is 12.2 Å². The second-order valence-corrected chi connectivity index (χ2v) is 6.52. The first-order valence-corrected chi connectivity index (χ1v) is 8.17. The maximum atomic E-state index is 12.6. The highest BCUT2D eigenvalue weighted by Gasteiger charge is 2.28. The van der Waals surface area contributed by atoms with Gasteiger partial charge in [0, 0.05) is 24.9 Å². The van der Waals surface area contributed by atoms with Crippen LogP contribution in [-0.2, 0) is 4.79 Å². The van der Waals surface area contributed by atoms with Gasteiger partial charge in [0.05, 0.1) is 4.99 Å². The summed E-state index contributed by atoms with van der Waals surface area (Å²) >= 11 is 5.05. The van der Waals surface area contributed by atoms with Crippen molar-refractivity contribution in [1.29, 1.82) is 0 Å². The topological polar surface area (TPSA) is 46.3 Å². The van der Waals surface area contributed by atoms with Crippen LogP contribution in [-0.4, -0.2) is 28.9 Å². The summed E-state index contributed by atoms with van der Waals surface area (Å²) in [4.78, 5) is 15.2. The Balaban J connectivity index is 1.84. The van der Waals surface area contributed by atoms with Gasteiger partial charge in [-0.1, -0.05) is 44.3 Å². The first-order valence-electron chi connectivity index (χ1n) is 7.76. The fourth-order valence-electron chi connectivity index (χ4n) is 3.35. The van der Waals surface area contributed by atoms with Crippen LogP contribution in [0.25, 0.3) is 0 Å². The lowest BCUT2D eigenvalue weighted by Crippen LogP contribution is -2.44. The van der Waals surface area contributed by atoms with E-state index in [0.29, 0.717) is 16.8 Å². The summed E-state index contributed by atoms with van der Waals surface area (Å²) in [6.07, 6.45) is 10.5. The summed E-state index contributed by atoms with van der Waals surface area (Å²) in [7, 11) is 0. The lowest BCUT2D eigenvalue weighted by Gasteiger charge is -2.34. The van der Waals surface area contributed by atoms with Gasteiger partial charge in [0.2, 0.25) is 5.91 Å². The molecule has 1 saturated carbocycles. The number of thiocarbonyl (C=S) groups is 1. The SMILES string of the molecule is NC(=S)C1CCN(C(=O)C2CCCCCCC2)CC1. The number of piperidine rings is 1. The molecule has 1 amide bonds. The molecule has 4 heteroatoms. The van der Waals surface area contributed by atoms with Crippen LogP contribution in [0.5, 0.6) is 0 Å². The third-order valence-electron chi connectivity index (χ3n) is 4.66. The Hall–Kier alpha value is -0.640. The molecule has 0 bridgehead atoms. The van der Waals surface area contributed by atoms with Crippen molar-refractivity contribution in [3.8, 4) is 0 Å². The number of amides is 1. The molecule has 1 aliphatic heterocycles. The van der Waals surface area contributed by atoms with Crippen LogP contribution in [0, 0.1) is 11.8 Å². The van der Waals surface area contributed by atoms with Gasteiger partial charge >= 0.3 is 0 Å². The molecule has 1 aliphatic carbocycles. The van der Waals surface area contributed by atoms with Crippen molar-refractivity contribution in [2.24, 2.45) is 17.6 Å². The number of carbonyl (C=O) groups is 1. The standard InChI is InChI=1S/C15H26N2OS/c16-14(19)12-8-10-17(11-9-12)15(18)13-6-4-2-1-3-5-7-13/h12-13H,1-11H2,(H2,16,19). The van der Waals surface area contributed by atoms with E-state index in [4.69, 9.17) is 18.0 Å². The molecule has 0 aromatic carbocycles. The van der Waals surface area contributed by atoms with Crippen molar-refractivity contribution in [3.05, 3.63) is 0 Å². The van der Waals surface area contributed by atoms with Gasteiger partial charge in [0.1, 0.15) is 0 Å². The van der Waals surface area contributed by atoms with Crippen LogP contribution in [0.3, 0.4) is 0 Å². The molecule has 2 aliphatic rings. The maximum Gasteiger partial charge on any atom is 0.225 e. The zero-order valence-corrected chi connectivity index (χ0v) is 12.6. The lowest BCUT2D eigenvalue weighted by molar-refractivity contribution is -0.137. The van der Waals surface area contributed by atoms with Gasteiger partial charge in [-0.3, -0.25) is 4.79 Å². The summed E-state index contributed by atoms with van der Waals surface area (Å²) < 4.78 is 0. The summed E-state index contributed by atoms with van der Waals surface area (Å²) in [6, 6.07) is 0. The molecule has 0 aromatic rings. The first kappa shape index (κ1) is 14.8. The van der Waals surface area contributed by atoms with Gasteiger partial charge in [0.15, 0.2) is 0 Å². The van der Waals surface area contributed by atoms with Crippen LogP contribution < -0.4 is 5.73 Å². The van der Waals surface area contributed by atoms with Crippen molar-refractivity contribution in [2.75, 3.05) is 13.1 Å². The molecule has 0 radical (unpaired) electrons. The second kappa shape index (κ2) is 7.22.